The van der Waals surface area contributed by atoms with Gasteiger partial charge < -0.3 is 14.8 Å². The number of carbonyl (C=O) groups is 1. The molecule has 1 amide bonds. The van der Waals surface area contributed by atoms with E-state index in [-0.39, 0.29) is 30.0 Å². The van der Waals surface area contributed by atoms with Crippen LogP contribution < -0.4 is 5.32 Å². The lowest BCUT2D eigenvalue weighted by Gasteiger charge is -2.39. The topological polar surface area (TPSA) is 47.6 Å². The Morgan fingerprint density at radius 2 is 1.91 bits per heavy atom. The van der Waals surface area contributed by atoms with Crippen molar-refractivity contribution in [2.24, 2.45) is 0 Å². The van der Waals surface area contributed by atoms with Gasteiger partial charge in [0.15, 0.2) is 0 Å². The van der Waals surface area contributed by atoms with Crippen LogP contribution in [-0.2, 0) is 14.3 Å². The lowest BCUT2D eigenvalue weighted by atomic mass is 9.89. The minimum absolute atomic E-state index is 0.00880. The standard InChI is InChI=1S/C16H20FNO3S/c17-11-1-4-13(5-2-11)22-10-16(19)18-12-3-6-14-15(9-12)21-8-7-20-14/h1-2,4-5,12,14-15H,3,6-10H2,(H,18,19)/t12-,14+,15-/m1/s1. The Bertz CT molecular complexity index is 511. The highest BCUT2D eigenvalue weighted by atomic mass is 32.2. The van der Waals surface area contributed by atoms with E-state index in [2.05, 4.69) is 5.32 Å². The molecule has 1 saturated heterocycles. The number of hydrogen-bond acceptors (Lipinski definition) is 4. The second-order valence-electron chi connectivity index (χ2n) is 5.64. The minimum Gasteiger partial charge on any atom is -0.373 e. The maximum absolute atomic E-state index is 12.8. The highest BCUT2D eigenvalue weighted by Crippen LogP contribution is 2.27. The number of benzene rings is 1. The molecule has 2 aliphatic rings. The minimum atomic E-state index is -0.264. The van der Waals surface area contributed by atoms with Crippen LogP contribution in [0.1, 0.15) is 19.3 Å². The van der Waals surface area contributed by atoms with Gasteiger partial charge >= 0.3 is 0 Å². The third-order valence-corrected chi connectivity index (χ3v) is 5.04. The molecule has 1 heterocycles. The SMILES string of the molecule is O=C(CSc1ccc(F)cc1)N[C@@H]1CC[C@@H]2OCCO[C@@H]2C1. The number of rotatable bonds is 4. The average Bonchev–Trinajstić information content (AvgIpc) is 2.54. The Hall–Kier alpha value is -1.11. The van der Waals surface area contributed by atoms with E-state index < -0.39 is 0 Å². The molecule has 6 heteroatoms. The normalized spacial score (nSPS) is 28.0. The van der Waals surface area contributed by atoms with Crippen LogP contribution in [0.3, 0.4) is 0 Å². The summed E-state index contributed by atoms with van der Waals surface area (Å²) in [6.07, 6.45) is 2.98. The quantitative estimate of drug-likeness (QED) is 0.864. The Balaban J connectivity index is 1.42. The third-order valence-electron chi connectivity index (χ3n) is 4.03. The molecule has 1 aromatic carbocycles. The van der Waals surface area contributed by atoms with Crippen LogP contribution in [0.2, 0.25) is 0 Å². The summed E-state index contributed by atoms with van der Waals surface area (Å²) < 4.78 is 24.2. The molecule has 1 aromatic rings. The average molecular weight is 325 g/mol. The maximum Gasteiger partial charge on any atom is 0.230 e. The molecule has 4 nitrogen and oxygen atoms in total. The fourth-order valence-electron chi connectivity index (χ4n) is 2.95. The molecule has 22 heavy (non-hydrogen) atoms. The fraction of sp³-hybridized carbons (Fsp3) is 0.562. The Labute approximate surface area is 133 Å². The van der Waals surface area contributed by atoms with E-state index in [9.17, 15) is 9.18 Å². The van der Waals surface area contributed by atoms with E-state index in [1.165, 1.54) is 23.9 Å². The van der Waals surface area contributed by atoms with Crippen molar-refractivity contribution in [2.45, 2.75) is 42.4 Å². The molecule has 0 radical (unpaired) electrons. The van der Waals surface area contributed by atoms with Crippen molar-refractivity contribution in [3.8, 4) is 0 Å². The second-order valence-corrected chi connectivity index (χ2v) is 6.69. The predicted molar refractivity (Wildman–Crippen MR) is 82.4 cm³/mol. The molecule has 1 saturated carbocycles. The maximum atomic E-state index is 12.8. The van der Waals surface area contributed by atoms with Gasteiger partial charge in [-0.2, -0.15) is 0 Å². The molecule has 1 aliphatic carbocycles. The first kappa shape index (κ1) is 15.8. The number of amides is 1. The molecule has 0 unspecified atom stereocenters. The highest BCUT2D eigenvalue weighted by molar-refractivity contribution is 8.00. The summed E-state index contributed by atoms with van der Waals surface area (Å²) in [4.78, 5) is 12.9. The van der Waals surface area contributed by atoms with Gasteiger partial charge in [-0.05, 0) is 43.5 Å². The van der Waals surface area contributed by atoms with Crippen LogP contribution in [0.5, 0.6) is 0 Å². The van der Waals surface area contributed by atoms with E-state index >= 15 is 0 Å². The van der Waals surface area contributed by atoms with Crippen LogP contribution in [0.25, 0.3) is 0 Å². The molecule has 120 valence electrons. The van der Waals surface area contributed by atoms with Gasteiger partial charge in [0, 0.05) is 10.9 Å². The molecule has 0 aromatic heterocycles. The van der Waals surface area contributed by atoms with Gasteiger partial charge in [0.2, 0.25) is 5.91 Å². The summed E-state index contributed by atoms with van der Waals surface area (Å²) in [7, 11) is 0. The number of fused-ring (bicyclic) bond motifs is 1. The van der Waals surface area contributed by atoms with E-state index in [0.717, 1.165) is 24.2 Å². The fourth-order valence-corrected chi connectivity index (χ4v) is 3.66. The molecular weight excluding hydrogens is 305 g/mol. The predicted octanol–water partition coefficient (Wildman–Crippen LogP) is 2.37. The van der Waals surface area contributed by atoms with E-state index in [1.54, 1.807) is 12.1 Å². The van der Waals surface area contributed by atoms with Gasteiger partial charge in [-0.1, -0.05) is 0 Å². The summed E-state index contributed by atoms with van der Waals surface area (Å²) in [6.45, 7) is 1.31. The number of nitrogens with one attached hydrogen (secondary N) is 1. The van der Waals surface area contributed by atoms with Crippen molar-refractivity contribution in [1.29, 1.82) is 0 Å². The van der Waals surface area contributed by atoms with E-state index in [4.69, 9.17) is 9.47 Å². The third kappa shape index (κ3) is 4.21. The first-order chi connectivity index (χ1) is 10.7. The molecule has 0 spiro atoms. The van der Waals surface area contributed by atoms with Crippen molar-refractivity contribution in [2.75, 3.05) is 19.0 Å². The molecule has 3 rings (SSSR count). The Kier molecular flexibility index (Phi) is 5.33. The second kappa shape index (κ2) is 7.44. The first-order valence-corrected chi connectivity index (χ1v) is 8.60. The van der Waals surface area contributed by atoms with Crippen molar-refractivity contribution in [3.63, 3.8) is 0 Å². The van der Waals surface area contributed by atoms with Crippen LogP contribution in [0.4, 0.5) is 4.39 Å². The van der Waals surface area contributed by atoms with Crippen molar-refractivity contribution in [3.05, 3.63) is 30.1 Å². The van der Waals surface area contributed by atoms with Gasteiger partial charge in [-0.25, -0.2) is 4.39 Å². The highest BCUT2D eigenvalue weighted by Gasteiger charge is 2.34. The number of halogens is 1. The van der Waals surface area contributed by atoms with Crippen LogP contribution in [0, 0.1) is 5.82 Å². The summed E-state index contributed by atoms with van der Waals surface area (Å²) in [6, 6.07) is 6.34. The molecular formula is C16H20FNO3S. The zero-order chi connectivity index (χ0) is 15.4. The smallest absolute Gasteiger partial charge is 0.230 e. The number of ether oxygens (including phenoxy) is 2. The summed E-state index contributed by atoms with van der Waals surface area (Å²) in [5, 5.41) is 3.06. The lowest BCUT2D eigenvalue weighted by molar-refractivity contribution is -0.158. The zero-order valence-electron chi connectivity index (χ0n) is 12.3. The Morgan fingerprint density at radius 1 is 1.18 bits per heavy atom. The van der Waals surface area contributed by atoms with Crippen molar-refractivity contribution < 1.29 is 18.7 Å². The molecule has 1 aliphatic heterocycles. The number of carbonyl (C=O) groups excluding carboxylic acids is 1. The summed E-state index contributed by atoms with van der Waals surface area (Å²) in [5.74, 6) is 0.0860. The molecule has 3 atom stereocenters. The van der Waals surface area contributed by atoms with Gasteiger partial charge in [0.1, 0.15) is 5.82 Å². The number of hydrogen-bond donors (Lipinski definition) is 1. The molecule has 1 N–H and O–H groups in total. The van der Waals surface area contributed by atoms with Crippen molar-refractivity contribution >= 4 is 17.7 Å². The van der Waals surface area contributed by atoms with E-state index in [1.807, 2.05) is 0 Å². The molecule has 0 bridgehead atoms. The summed E-state index contributed by atoms with van der Waals surface area (Å²) in [5.41, 5.74) is 0. The van der Waals surface area contributed by atoms with Crippen LogP contribution in [-0.4, -0.2) is 43.1 Å². The van der Waals surface area contributed by atoms with E-state index in [0.29, 0.717) is 19.0 Å². The van der Waals surface area contributed by atoms with Crippen LogP contribution in [0.15, 0.2) is 29.2 Å². The summed E-state index contributed by atoms with van der Waals surface area (Å²) >= 11 is 1.41. The monoisotopic (exact) mass is 325 g/mol. The first-order valence-electron chi connectivity index (χ1n) is 7.61. The Morgan fingerprint density at radius 3 is 2.68 bits per heavy atom. The lowest BCUT2D eigenvalue weighted by Crippen LogP contribution is -2.49. The van der Waals surface area contributed by atoms with Gasteiger partial charge in [-0.3, -0.25) is 4.79 Å². The largest absolute Gasteiger partial charge is 0.373 e. The van der Waals surface area contributed by atoms with Gasteiger partial charge in [0.25, 0.3) is 0 Å². The zero-order valence-corrected chi connectivity index (χ0v) is 13.1. The number of thioether (sulfide) groups is 1. The van der Waals surface area contributed by atoms with Gasteiger partial charge in [0.05, 0.1) is 31.2 Å². The van der Waals surface area contributed by atoms with Gasteiger partial charge in [-0.15, -0.1) is 11.8 Å². The van der Waals surface area contributed by atoms with Crippen LogP contribution >= 0.6 is 11.8 Å². The van der Waals surface area contributed by atoms with Crippen molar-refractivity contribution in [1.82, 2.24) is 5.32 Å². The molecule has 2 fully saturated rings.